The van der Waals surface area contributed by atoms with Crippen LogP contribution in [0.25, 0.3) is 0 Å². The first kappa shape index (κ1) is 11.4. The molecule has 1 aliphatic carbocycles. The minimum absolute atomic E-state index is 0.00743. The van der Waals surface area contributed by atoms with Crippen LogP contribution < -0.4 is 0 Å². The van der Waals surface area contributed by atoms with Crippen LogP contribution >= 0.6 is 0 Å². The maximum absolute atomic E-state index is 11.8. The first-order valence-corrected chi connectivity index (χ1v) is 9.16. The van der Waals surface area contributed by atoms with Crippen molar-refractivity contribution in [2.75, 3.05) is 0 Å². The molecule has 0 N–H and O–H groups in total. The second-order valence-corrected chi connectivity index (χ2v) is 9.82. The highest BCUT2D eigenvalue weighted by Gasteiger charge is 2.46. The summed E-state index contributed by atoms with van der Waals surface area (Å²) in [5, 5.41) is 0. The molecular formula is C13H18O2Si. The molecule has 2 rings (SSSR count). The zero-order valence-corrected chi connectivity index (χ0v) is 11.1. The Morgan fingerprint density at radius 1 is 1.25 bits per heavy atom. The van der Waals surface area contributed by atoms with Crippen LogP contribution in [0.5, 0.6) is 0 Å². The summed E-state index contributed by atoms with van der Waals surface area (Å²) >= 11 is 0. The van der Waals surface area contributed by atoms with Gasteiger partial charge in [-0.1, -0.05) is 30.3 Å². The first-order chi connectivity index (χ1) is 7.47. The molecule has 0 amide bonds. The average Bonchev–Trinajstić information content (AvgIpc) is 2.96. The van der Waals surface area contributed by atoms with Crippen LogP contribution in [0.4, 0.5) is 0 Å². The molecule has 16 heavy (non-hydrogen) atoms. The summed E-state index contributed by atoms with van der Waals surface area (Å²) < 4.78 is 5.51. The quantitative estimate of drug-likeness (QED) is 0.751. The van der Waals surface area contributed by atoms with Gasteiger partial charge in [-0.25, -0.2) is 0 Å². The average molecular weight is 234 g/mol. The zero-order valence-electron chi connectivity index (χ0n) is 10.1. The zero-order chi connectivity index (χ0) is 11.8. The number of benzene rings is 1. The standard InChI is InChI=1S/C13H18O2Si/c1-16(2,3)15-13(14)12-9-11(12)10-7-5-4-6-8-10/h4-8,11-12H,9H2,1-3H3/t11-,12+/m1/s1. The summed E-state index contributed by atoms with van der Waals surface area (Å²) in [7, 11) is -1.72. The van der Waals surface area contributed by atoms with Gasteiger partial charge in [-0.15, -0.1) is 0 Å². The van der Waals surface area contributed by atoms with Crippen LogP contribution in [0, 0.1) is 5.92 Å². The second kappa shape index (κ2) is 4.05. The van der Waals surface area contributed by atoms with Crippen LogP contribution in [0.3, 0.4) is 0 Å². The maximum atomic E-state index is 11.8. The van der Waals surface area contributed by atoms with Gasteiger partial charge in [0.25, 0.3) is 5.97 Å². The van der Waals surface area contributed by atoms with Gasteiger partial charge in [-0.2, -0.15) is 0 Å². The Balaban J connectivity index is 1.95. The Labute approximate surface area is 97.8 Å². The van der Waals surface area contributed by atoms with Crippen LogP contribution in [0.1, 0.15) is 17.9 Å². The van der Waals surface area contributed by atoms with E-state index >= 15 is 0 Å². The second-order valence-electron chi connectivity index (χ2n) is 5.39. The number of carbonyl (C=O) groups is 1. The molecule has 1 aromatic rings. The molecule has 1 aromatic carbocycles. The molecule has 1 saturated carbocycles. The summed E-state index contributed by atoms with van der Waals surface area (Å²) in [6, 6.07) is 10.2. The van der Waals surface area contributed by atoms with Gasteiger partial charge in [0.1, 0.15) is 0 Å². The lowest BCUT2D eigenvalue weighted by Crippen LogP contribution is -2.30. The molecule has 0 spiro atoms. The lowest BCUT2D eigenvalue weighted by Gasteiger charge is -2.17. The molecule has 0 saturated heterocycles. The van der Waals surface area contributed by atoms with Crippen molar-refractivity contribution in [2.24, 2.45) is 5.92 Å². The fourth-order valence-corrected chi connectivity index (χ4v) is 2.66. The third-order valence-corrected chi connectivity index (χ3v) is 3.54. The molecule has 0 aliphatic heterocycles. The Morgan fingerprint density at radius 2 is 1.88 bits per heavy atom. The first-order valence-electron chi connectivity index (χ1n) is 5.75. The van der Waals surface area contributed by atoms with E-state index in [-0.39, 0.29) is 11.9 Å². The molecule has 0 aromatic heterocycles. The molecule has 0 bridgehead atoms. The van der Waals surface area contributed by atoms with Crippen LogP contribution in [-0.2, 0) is 9.22 Å². The highest BCUT2D eigenvalue weighted by Crippen LogP contribution is 2.48. The van der Waals surface area contributed by atoms with Crippen LogP contribution in [0.2, 0.25) is 19.6 Å². The van der Waals surface area contributed by atoms with E-state index in [1.807, 2.05) is 37.8 Å². The molecule has 86 valence electrons. The van der Waals surface area contributed by atoms with Crippen molar-refractivity contribution in [2.45, 2.75) is 32.0 Å². The minimum Gasteiger partial charge on any atom is -0.520 e. The number of hydrogen-bond donors (Lipinski definition) is 0. The van der Waals surface area contributed by atoms with Gasteiger partial charge >= 0.3 is 0 Å². The molecule has 2 atom stereocenters. The van der Waals surface area contributed by atoms with Crippen molar-refractivity contribution in [3.8, 4) is 0 Å². The molecule has 3 heteroatoms. The van der Waals surface area contributed by atoms with E-state index in [2.05, 4.69) is 12.1 Å². The fourth-order valence-electron chi connectivity index (χ4n) is 1.90. The molecular weight excluding hydrogens is 216 g/mol. The van der Waals surface area contributed by atoms with Crippen molar-refractivity contribution in [3.63, 3.8) is 0 Å². The van der Waals surface area contributed by atoms with Crippen molar-refractivity contribution < 1.29 is 9.22 Å². The highest BCUT2D eigenvalue weighted by molar-refractivity contribution is 6.71. The largest absolute Gasteiger partial charge is 0.520 e. The van der Waals surface area contributed by atoms with Crippen molar-refractivity contribution >= 4 is 14.3 Å². The van der Waals surface area contributed by atoms with Gasteiger partial charge in [-0.3, -0.25) is 4.79 Å². The summed E-state index contributed by atoms with van der Waals surface area (Å²) in [5.74, 6) is 0.507. The van der Waals surface area contributed by atoms with Crippen molar-refractivity contribution in [3.05, 3.63) is 35.9 Å². The van der Waals surface area contributed by atoms with E-state index < -0.39 is 8.32 Å². The van der Waals surface area contributed by atoms with Gasteiger partial charge in [0.2, 0.25) is 8.32 Å². The summed E-state index contributed by atoms with van der Waals surface area (Å²) in [6.45, 7) is 6.14. The van der Waals surface area contributed by atoms with Crippen LogP contribution in [-0.4, -0.2) is 14.3 Å². The van der Waals surface area contributed by atoms with E-state index in [9.17, 15) is 4.79 Å². The highest BCUT2D eigenvalue weighted by atomic mass is 28.4. The van der Waals surface area contributed by atoms with Crippen molar-refractivity contribution in [1.82, 2.24) is 0 Å². The van der Waals surface area contributed by atoms with E-state index in [0.717, 1.165) is 6.42 Å². The number of rotatable bonds is 3. The van der Waals surface area contributed by atoms with Gasteiger partial charge in [0.05, 0.1) is 5.92 Å². The number of carbonyl (C=O) groups excluding carboxylic acids is 1. The van der Waals surface area contributed by atoms with Gasteiger partial charge in [-0.05, 0) is 37.5 Å². The smallest absolute Gasteiger partial charge is 0.296 e. The maximum Gasteiger partial charge on any atom is 0.296 e. The molecule has 1 fully saturated rings. The molecule has 2 nitrogen and oxygen atoms in total. The van der Waals surface area contributed by atoms with Crippen LogP contribution in [0.15, 0.2) is 30.3 Å². The van der Waals surface area contributed by atoms with E-state index in [4.69, 9.17) is 4.43 Å². The Hall–Kier alpha value is -1.09. The fraction of sp³-hybridized carbons (Fsp3) is 0.462. The number of hydrogen-bond acceptors (Lipinski definition) is 2. The Bertz CT molecular complexity index is 381. The summed E-state index contributed by atoms with van der Waals surface area (Å²) in [5.41, 5.74) is 1.26. The van der Waals surface area contributed by atoms with Gasteiger partial charge in [0.15, 0.2) is 0 Å². The molecule has 0 heterocycles. The molecule has 0 unspecified atom stereocenters. The van der Waals surface area contributed by atoms with Gasteiger partial charge < -0.3 is 4.43 Å². The Morgan fingerprint density at radius 3 is 2.44 bits per heavy atom. The monoisotopic (exact) mass is 234 g/mol. The Kier molecular flexibility index (Phi) is 2.89. The SMILES string of the molecule is C[Si](C)(C)OC(=O)[C@H]1C[C@@H]1c1ccccc1. The van der Waals surface area contributed by atoms with E-state index in [1.165, 1.54) is 5.56 Å². The summed E-state index contributed by atoms with van der Waals surface area (Å²) in [6.07, 6.45) is 0.952. The topological polar surface area (TPSA) is 26.3 Å². The van der Waals surface area contributed by atoms with E-state index in [1.54, 1.807) is 0 Å². The predicted octanol–water partition coefficient (Wildman–Crippen LogP) is 3.17. The third kappa shape index (κ3) is 2.73. The normalized spacial score (nSPS) is 23.9. The minimum atomic E-state index is -1.72. The summed E-state index contributed by atoms with van der Waals surface area (Å²) in [4.78, 5) is 11.8. The van der Waals surface area contributed by atoms with Gasteiger partial charge in [0, 0.05) is 0 Å². The predicted molar refractivity (Wildman–Crippen MR) is 66.7 cm³/mol. The van der Waals surface area contributed by atoms with E-state index in [0.29, 0.717) is 5.92 Å². The lowest BCUT2D eigenvalue weighted by molar-refractivity contribution is -0.136. The molecule has 0 radical (unpaired) electrons. The van der Waals surface area contributed by atoms with Crippen molar-refractivity contribution in [1.29, 1.82) is 0 Å². The third-order valence-electron chi connectivity index (χ3n) is 2.73. The lowest BCUT2D eigenvalue weighted by atomic mass is 10.1. The molecule has 1 aliphatic rings.